The van der Waals surface area contributed by atoms with Crippen molar-refractivity contribution in [1.82, 2.24) is 4.98 Å². The van der Waals surface area contributed by atoms with E-state index in [2.05, 4.69) is 16.4 Å². The minimum absolute atomic E-state index is 0.359. The Morgan fingerprint density at radius 2 is 2.18 bits per heavy atom. The fourth-order valence-corrected chi connectivity index (χ4v) is 2.93. The summed E-state index contributed by atoms with van der Waals surface area (Å²) in [5.41, 5.74) is 3.61. The molecule has 0 amide bonds. The molecule has 1 aliphatic rings. The van der Waals surface area contributed by atoms with E-state index in [1.807, 2.05) is 12.1 Å². The average Bonchev–Trinajstić information content (AvgIpc) is 3.05. The van der Waals surface area contributed by atoms with Crippen LogP contribution < -0.4 is 5.32 Å². The van der Waals surface area contributed by atoms with Gasteiger partial charge in [0.25, 0.3) is 0 Å². The third-order valence-electron chi connectivity index (χ3n) is 3.95. The number of furan rings is 1. The van der Waals surface area contributed by atoms with Crippen LogP contribution in [0.4, 0.5) is 5.82 Å². The van der Waals surface area contributed by atoms with Gasteiger partial charge in [0.1, 0.15) is 17.6 Å². The lowest BCUT2D eigenvalue weighted by Gasteiger charge is -2.22. The van der Waals surface area contributed by atoms with Crippen molar-refractivity contribution in [2.45, 2.75) is 38.7 Å². The molecule has 0 fully saturated rings. The fourth-order valence-electron chi connectivity index (χ4n) is 2.93. The summed E-state index contributed by atoms with van der Waals surface area (Å²) >= 11 is 0. The third-order valence-corrected chi connectivity index (χ3v) is 3.95. The molecule has 0 aliphatic heterocycles. The number of aliphatic hydroxyl groups excluding tert-OH is 1. The van der Waals surface area contributed by atoms with Crippen LogP contribution in [0.3, 0.4) is 0 Å². The minimum Gasteiger partial charge on any atom is -0.463 e. The zero-order chi connectivity index (χ0) is 15.5. The molecule has 2 N–H and O–H groups in total. The fraction of sp³-hybridized carbons (Fsp3) is 0.412. The second-order valence-electron chi connectivity index (χ2n) is 5.67. The number of hydrogen-bond donors (Lipinski definition) is 2. The molecule has 0 aromatic carbocycles. The smallest absolute Gasteiger partial charge is 0.152 e. The highest BCUT2D eigenvalue weighted by Gasteiger charge is 2.23. The molecular weight excluding hydrogens is 278 g/mol. The van der Waals surface area contributed by atoms with E-state index in [0.717, 1.165) is 48.3 Å². The number of nitriles is 1. The summed E-state index contributed by atoms with van der Waals surface area (Å²) in [7, 11) is 0. The molecule has 5 nitrogen and oxygen atoms in total. The molecule has 5 heteroatoms. The first-order valence-electron chi connectivity index (χ1n) is 7.62. The van der Waals surface area contributed by atoms with Crippen LogP contribution >= 0.6 is 0 Å². The number of fused-ring (bicyclic) bond motifs is 1. The third kappa shape index (κ3) is 2.70. The van der Waals surface area contributed by atoms with E-state index in [-0.39, 0.29) is 0 Å². The number of rotatable bonds is 4. The predicted molar refractivity (Wildman–Crippen MR) is 83.5 cm³/mol. The highest BCUT2D eigenvalue weighted by Crippen LogP contribution is 2.35. The first-order chi connectivity index (χ1) is 10.7. The van der Waals surface area contributed by atoms with Gasteiger partial charge in [-0.25, -0.2) is 4.98 Å². The standard InChI is InChI=1S/C17H19N3O2/c1-11(21)10-19-17-14(9-18)12-5-2-3-6-13(12)16(20-17)15-7-4-8-22-15/h4,7-8,11,21H,2-3,5-6,10H2,1H3,(H,19,20)/t11-/m1/s1. The van der Waals surface area contributed by atoms with Crippen molar-refractivity contribution in [2.24, 2.45) is 0 Å². The Kier molecular flexibility index (Phi) is 4.12. The van der Waals surface area contributed by atoms with E-state index in [9.17, 15) is 10.4 Å². The molecule has 0 spiro atoms. The highest BCUT2D eigenvalue weighted by atomic mass is 16.3. The van der Waals surface area contributed by atoms with Crippen LogP contribution in [0.15, 0.2) is 22.8 Å². The van der Waals surface area contributed by atoms with Gasteiger partial charge in [-0.2, -0.15) is 5.26 Å². The molecule has 0 saturated heterocycles. The molecular formula is C17H19N3O2. The molecule has 0 radical (unpaired) electrons. The normalized spacial score (nSPS) is 15.0. The first-order valence-corrected chi connectivity index (χ1v) is 7.62. The number of nitrogens with zero attached hydrogens (tertiary/aromatic N) is 2. The van der Waals surface area contributed by atoms with Gasteiger partial charge < -0.3 is 14.8 Å². The molecule has 2 aromatic rings. The van der Waals surface area contributed by atoms with Gasteiger partial charge in [-0.3, -0.25) is 0 Å². The molecule has 3 rings (SSSR count). The summed E-state index contributed by atoms with van der Waals surface area (Å²) in [6.45, 7) is 2.06. The van der Waals surface area contributed by atoms with E-state index >= 15 is 0 Å². The monoisotopic (exact) mass is 297 g/mol. The van der Waals surface area contributed by atoms with Crippen molar-refractivity contribution >= 4 is 5.82 Å². The van der Waals surface area contributed by atoms with Gasteiger partial charge in [0.15, 0.2) is 5.76 Å². The lowest BCUT2D eigenvalue weighted by molar-refractivity contribution is 0.208. The van der Waals surface area contributed by atoms with Crippen molar-refractivity contribution < 1.29 is 9.52 Å². The van der Waals surface area contributed by atoms with Gasteiger partial charge in [0.05, 0.1) is 17.9 Å². The Balaban J connectivity index is 2.14. The number of hydrogen-bond acceptors (Lipinski definition) is 5. The van der Waals surface area contributed by atoms with Gasteiger partial charge in [0.2, 0.25) is 0 Å². The topological polar surface area (TPSA) is 82.1 Å². The number of aromatic nitrogens is 1. The summed E-state index contributed by atoms with van der Waals surface area (Å²) in [6, 6.07) is 6.01. The second-order valence-corrected chi connectivity index (χ2v) is 5.67. The summed E-state index contributed by atoms with van der Waals surface area (Å²) < 4.78 is 5.52. The summed E-state index contributed by atoms with van der Waals surface area (Å²) in [5.74, 6) is 1.26. The van der Waals surface area contributed by atoms with Crippen LogP contribution in [0.2, 0.25) is 0 Å². The maximum absolute atomic E-state index is 9.55. The molecule has 0 unspecified atom stereocenters. The first kappa shape index (κ1) is 14.6. The van der Waals surface area contributed by atoms with E-state index in [1.54, 1.807) is 13.2 Å². The van der Waals surface area contributed by atoms with Crippen molar-refractivity contribution in [3.63, 3.8) is 0 Å². The molecule has 0 saturated carbocycles. The van der Waals surface area contributed by atoms with Crippen LogP contribution in [0.25, 0.3) is 11.5 Å². The maximum Gasteiger partial charge on any atom is 0.152 e. The van der Waals surface area contributed by atoms with Crippen LogP contribution in [0, 0.1) is 11.3 Å². The number of nitrogens with one attached hydrogen (secondary N) is 1. The van der Waals surface area contributed by atoms with Crippen LogP contribution in [-0.4, -0.2) is 22.7 Å². The van der Waals surface area contributed by atoms with Gasteiger partial charge >= 0.3 is 0 Å². The van der Waals surface area contributed by atoms with Gasteiger partial charge in [-0.05, 0) is 55.9 Å². The minimum atomic E-state index is -0.503. The zero-order valence-corrected chi connectivity index (χ0v) is 12.6. The molecule has 1 aliphatic carbocycles. The number of pyridine rings is 1. The average molecular weight is 297 g/mol. The predicted octanol–water partition coefficient (Wildman–Crippen LogP) is 2.88. The van der Waals surface area contributed by atoms with Crippen molar-refractivity contribution in [3.8, 4) is 17.5 Å². The molecule has 1 atom stereocenters. The molecule has 22 heavy (non-hydrogen) atoms. The summed E-state index contributed by atoms with van der Waals surface area (Å²) in [6.07, 6.45) is 5.12. The zero-order valence-electron chi connectivity index (χ0n) is 12.6. The highest BCUT2D eigenvalue weighted by molar-refractivity contribution is 5.69. The Morgan fingerprint density at radius 1 is 1.41 bits per heavy atom. The lowest BCUT2D eigenvalue weighted by Crippen LogP contribution is -2.19. The van der Waals surface area contributed by atoms with E-state index in [0.29, 0.717) is 17.9 Å². The number of anilines is 1. The van der Waals surface area contributed by atoms with Gasteiger partial charge in [-0.1, -0.05) is 0 Å². The van der Waals surface area contributed by atoms with Gasteiger partial charge in [-0.15, -0.1) is 0 Å². The Bertz CT molecular complexity index is 700. The summed E-state index contributed by atoms with van der Waals surface area (Å²) in [4.78, 5) is 4.63. The molecule has 2 aromatic heterocycles. The van der Waals surface area contributed by atoms with Gasteiger partial charge in [0, 0.05) is 6.54 Å². The van der Waals surface area contributed by atoms with Crippen molar-refractivity contribution in [2.75, 3.05) is 11.9 Å². The molecule has 2 heterocycles. The van der Waals surface area contributed by atoms with Crippen LogP contribution in [0.5, 0.6) is 0 Å². The van der Waals surface area contributed by atoms with E-state index < -0.39 is 6.10 Å². The lowest BCUT2D eigenvalue weighted by atomic mass is 9.87. The largest absolute Gasteiger partial charge is 0.463 e. The van der Waals surface area contributed by atoms with Crippen molar-refractivity contribution in [1.29, 1.82) is 5.26 Å². The van der Waals surface area contributed by atoms with E-state index in [4.69, 9.17) is 4.42 Å². The van der Waals surface area contributed by atoms with Crippen LogP contribution in [0.1, 0.15) is 36.5 Å². The number of aliphatic hydroxyl groups is 1. The van der Waals surface area contributed by atoms with Crippen LogP contribution in [-0.2, 0) is 12.8 Å². The maximum atomic E-state index is 9.55. The Labute approximate surface area is 129 Å². The summed E-state index contributed by atoms with van der Waals surface area (Å²) in [5, 5.41) is 22.1. The molecule has 0 bridgehead atoms. The Hall–Kier alpha value is -2.32. The van der Waals surface area contributed by atoms with Crippen molar-refractivity contribution in [3.05, 3.63) is 35.1 Å². The SMILES string of the molecule is C[C@@H](O)CNc1nc(-c2ccco2)c2c(c1C#N)CCCC2. The second kappa shape index (κ2) is 6.20. The van der Waals surface area contributed by atoms with E-state index in [1.165, 1.54) is 0 Å². The quantitative estimate of drug-likeness (QED) is 0.906. The Morgan fingerprint density at radius 3 is 2.82 bits per heavy atom. The molecule has 114 valence electrons.